The molecule has 0 aliphatic heterocycles. The average Bonchev–Trinajstić information content (AvgIpc) is 1.48. The molecular formula is C69H44N6O12S2. The SMILES string of the molecule is N#CC(C#N)=NC1=Cc2sc3c(c2C1(C(=O)OCc1ccccc1)C(=O)OCc1ccccc1)C(C(=O)OCc1ccccc1)(C(=O)OCc1ccccc1)c1c-3sc2c1C(C(=O)OCc1ccccc1)(C(=O)OCc1ccccc1)C(N=C(C#N)C#N)=C2. The van der Waals surface area contributed by atoms with Gasteiger partial charge in [0.15, 0.2) is 0 Å². The van der Waals surface area contributed by atoms with Crippen molar-refractivity contribution in [2.75, 3.05) is 0 Å². The van der Waals surface area contributed by atoms with E-state index in [4.69, 9.17) is 28.4 Å². The van der Waals surface area contributed by atoms with Gasteiger partial charge in [0.25, 0.3) is 0 Å². The summed E-state index contributed by atoms with van der Waals surface area (Å²) in [7, 11) is 0. The molecule has 0 fully saturated rings. The van der Waals surface area contributed by atoms with E-state index >= 15 is 28.8 Å². The number of thiophene rings is 2. The van der Waals surface area contributed by atoms with Crippen LogP contribution < -0.4 is 0 Å². The van der Waals surface area contributed by atoms with Crippen LogP contribution in [0.25, 0.3) is 21.9 Å². The summed E-state index contributed by atoms with van der Waals surface area (Å²) in [5.41, 5.74) is -11.2. The van der Waals surface area contributed by atoms with Gasteiger partial charge in [-0.1, -0.05) is 182 Å². The Hall–Kier alpha value is -11.7. The maximum Gasteiger partial charge on any atom is 0.334 e. The van der Waals surface area contributed by atoms with Gasteiger partial charge in [-0.05, 0) is 45.5 Å². The van der Waals surface area contributed by atoms with Crippen molar-refractivity contribution in [3.63, 3.8) is 0 Å². The van der Waals surface area contributed by atoms with Crippen LogP contribution in [0.5, 0.6) is 0 Å². The molecule has 2 aromatic heterocycles. The number of nitriles is 4. The van der Waals surface area contributed by atoms with Gasteiger partial charge in [-0.15, -0.1) is 22.7 Å². The van der Waals surface area contributed by atoms with Gasteiger partial charge in [-0.2, -0.15) is 21.0 Å². The Kier molecular flexibility index (Phi) is 16.9. The predicted molar refractivity (Wildman–Crippen MR) is 322 cm³/mol. The van der Waals surface area contributed by atoms with Crippen LogP contribution >= 0.6 is 22.7 Å². The van der Waals surface area contributed by atoms with Crippen molar-refractivity contribution >= 4 is 82.1 Å². The summed E-state index contributed by atoms with van der Waals surface area (Å²) in [6, 6.07) is 57.1. The quantitative estimate of drug-likeness (QED) is 0.0297. The third-order valence-electron chi connectivity index (χ3n) is 14.9. The highest BCUT2D eigenvalue weighted by atomic mass is 32.1. The highest BCUT2D eigenvalue weighted by Crippen LogP contribution is 2.68. The molecule has 434 valence electrons. The van der Waals surface area contributed by atoms with E-state index < -0.39 is 137 Å². The number of hydrogen-bond acceptors (Lipinski definition) is 20. The molecule has 0 radical (unpaired) electrons. The lowest BCUT2D eigenvalue weighted by Gasteiger charge is -2.35. The minimum atomic E-state index is -3.17. The summed E-state index contributed by atoms with van der Waals surface area (Å²) in [6.45, 7) is -3.01. The van der Waals surface area contributed by atoms with E-state index in [0.29, 0.717) is 33.4 Å². The maximum absolute atomic E-state index is 16.7. The maximum atomic E-state index is 16.7. The summed E-state index contributed by atoms with van der Waals surface area (Å²) in [4.78, 5) is 106. The lowest BCUT2D eigenvalue weighted by molar-refractivity contribution is -0.168. The molecule has 3 aliphatic rings. The van der Waals surface area contributed by atoms with Gasteiger partial charge in [0.1, 0.15) is 63.9 Å². The zero-order chi connectivity index (χ0) is 62.1. The van der Waals surface area contributed by atoms with E-state index in [-0.39, 0.29) is 19.5 Å². The summed E-state index contributed by atoms with van der Waals surface area (Å²) >= 11 is 1.68. The normalized spacial score (nSPS) is 13.6. The second-order valence-corrected chi connectivity index (χ2v) is 22.2. The molecule has 18 nitrogen and oxygen atoms in total. The number of rotatable bonds is 20. The molecule has 0 N–H and O–H groups in total. The molecule has 89 heavy (non-hydrogen) atoms. The second-order valence-electron chi connectivity index (χ2n) is 20.1. The fourth-order valence-electron chi connectivity index (χ4n) is 10.8. The largest absolute Gasteiger partial charge is 0.459 e. The third kappa shape index (κ3) is 10.7. The fourth-order valence-corrected chi connectivity index (χ4v) is 13.7. The van der Waals surface area contributed by atoms with Crippen molar-refractivity contribution in [3.8, 4) is 34.0 Å². The predicted octanol–water partition coefficient (Wildman–Crippen LogP) is 10.7. The molecular weight excluding hydrogens is 1170 g/mol. The standard InChI is InChI=1S/C69H44N6O12S2/c70-33-49(34-71)74-53-31-51-55(67(53,61(76)82-37-43-19-7-1-8-20-43)62(77)83-38-44-21-9-2-10-22-44)57-59(88-51)60-58(69(57,65(80)86-41-47-27-15-5-16-28-47)66(81)87-42-48-29-17-6-18-30-48)56-52(89-60)32-54(75-50(35-72)36-73)68(56,63(78)84-39-45-23-11-3-12-24-45)64(79)85-40-46-25-13-4-14-26-46/h1-32H,37-42H2. The first-order chi connectivity index (χ1) is 43.4. The van der Waals surface area contributed by atoms with Crippen molar-refractivity contribution in [2.45, 2.75) is 55.9 Å². The number of nitrogens with zero attached hydrogens (tertiary/aromatic N) is 6. The first kappa shape index (κ1) is 59.1. The smallest absolute Gasteiger partial charge is 0.334 e. The second kappa shape index (κ2) is 25.5. The minimum Gasteiger partial charge on any atom is -0.459 e. The fraction of sp³-hybridized carbons (Fsp3) is 0.130. The Labute approximate surface area is 516 Å². The zero-order valence-electron chi connectivity index (χ0n) is 46.6. The Morgan fingerprint density at radius 2 is 0.539 bits per heavy atom. The Morgan fingerprint density at radius 1 is 0.326 bits per heavy atom. The van der Waals surface area contributed by atoms with Crippen LogP contribution in [0.3, 0.4) is 0 Å². The molecule has 11 rings (SSSR count). The lowest BCUT2D eigenvalue weighted by Crippen LogP contribution is -2.53. The van der Waals surface area contributed by atoms with Crippen LogP contribution in [0.1, 0.15) is 65.4 Å². The highest BCUT2D eigenvalue weighted by molar-refractivity contribution is 7.24. The number of fused-ring (bicyclic) bond motifs is 7. The van der Waals surface area contributed by atoms with Crippen LogP contribution in [-0.4, -0.2) is 47.2 Å². The molecule has 0 saturated heterocycles. The molecule has 0 amide bonds. The molecule has 0 unspecified atom stereocenters. The van der Waals surface area contributed by atoms with Crippen molar-refractivity contribution in [2.24, 2.45) is 9.98 Å². The number of carbonyl (C=O) groups is 6. The third-order valence-corrected chi connectivity index (χ3v) is 17.3. The monoisotopic (exact) mass is 1210 g/mol. The van der Waals surface area contributed by atoms with Gasteiger partial charge in [-0.25, -0.2) is 9.98 Å². The van der Waals surface area contributed by atoms with Crippen LogP contribution in [0.2, 0.25) is 0 Å². The minimum absolute atomic E-state index is 0.00582. The van der Waals surface area contributed by atoms with Gasteiger partial charge >= 0.3 is 35.8 Å². The van der Waals surface area contributed by atoms with Crippen molar-refractivity contribution in [3.05, 3.63) is 259 Å². The molecule has 2 heterocycles. The molecule has 6 aromatic carbocycles. The molecule has 0 saturated carbocycles. The number of benzene rings is 6. The van der Waals surface area contributed by atoms with E-state index in [1.54, 1.807) is 206 Å². The number of ether oxygens (including phenoxy) is 6. The van der Waals surface area contributed by atoms with Gasteiger partial charge in [0.05, 0.1) is 21.1 Å². The molecule has 20 heteroatoms. The summed E-state index contributed by atoms with van der Waals surface area (Å²) < 4.78 is 37.3. The highest BCUT2D eigenvalue weighted by Gasteiger charge is 2.72. The molecule has 0 atom stereocenters. The topological polar surface area (TPSA) is 278 Å². The first-order valence-corrected chi connectivity index (χ1v) is 28.9. The zero-order valence-corrected chi connectivity index (χ0v) is 48.2. The van der Waals surface area contributed by atoms with Gasteiger partial charge in [0.2, 0.25) is 27.7 Å². The molecule has 0 spiro atoms. The van der Waals surface area contributed by atoms with E-state index in [1.165, 1.54) is 12.2 Å². The average molecular weight is 1210 g/mol. The number of carbonyl (C=O) groups excluding carboxylic acids is 6. The number of aliphatic imine (C=N–C) groups is 2. The number of hydrogen-bond donors (Lipinski definition) is 0. The summed E-state index contributed by atoms with van der Waals surface area (Å²) in [6.07, 6.45) is 2.50. The van der Waals surface area contributed by atoms with Gasteiger partial charge in [0, 0.05) is 32.0 Å². The number of esters is 6. The Balaban J connectivity index is 1.25. The Bertz CT molecular complexity index is 4010. The van der Waals surface area contributed by atoms with E-state index in [0.717, 1.165) is 22.7 Å². The van der Waals surface area contributed by atoms with Crippen molar-refractivity contribution in [1.29, 1.82) is 21.0 Å². The summed E-state index contributed by atoms with van der Waals surface area (Å²) in [5.74, 6) is -8.42. The van der Waals surface area contributed by atoms with E-state index in [2.05, 4.69) is 9.98 Å². The summed E-state index contributed by atoms with van der Waals surface area (Å²) in [5, 5.41) is 41.3. The first-order valence-electron chi connectivity index (χ1n) is 27.3. The van der Waals surface area contributed by atoms with Crippen LogP contribution in [-0.2, 0) is 113 Å². The van der Waals surface area contributed by atoms with Crippen molar-refractivity contribution < 1.29 is 57.2 Å². The Morgan fingerprint density at radius 3 is 0.753 bits per heavy atom. The van der Waals surface area contributed by atoms with Crippen molar-refractivity contribution in [1.82, 2.24) is 0 Å². The van der Waals surface area contributed by atoms with Gasteiger partial charge in [-0.3, -0.25) is 28.8 Å². The van der Waals surface area contributed by atoms with Crippen LogP contribution in [0.4, 0.5) is 0 Å². The molecule has 3 aliphatic carbocycles. The lowest BCUT2D eigenvalue weighted by atomic mass is 9.67. The molecule has 8 aromatic rings. The van der Waals surface area contributed by atoms with Gasteiger partial charge < -0.3 is 28.4 Å². The van der Waals surface area contributed by atoms with E-state index in [1.807, 2.05) is 0 Å². The van der Waals surface area contributed by atoms with E-state index in [9.17, 15) is 21.0 Å². The van der Waals surface area contributed by atoms with Crippen LogP contribution in [0, 0.1) is 45.3 Å². The molecule has 0 bridgehead atoms. The van der Waals surface area contributed by atoms with Crippen LogP contribution in [0.15, 0.2) is 203 Å².